The number of hydrogen-bond donors (Lipinski definition) is 2. The predicted octanol–water partition coefficient (Wildman–Crippen LogP) is 1.06. The number of carbonyl (C=O) groups excluding carboxylic acids is 2. The van der Waals surface area contributed by atoms with Gasteiger partial charge in [0, 0.05) is 13.8 Å². The van der Waals surface area contributed by atoms with Crippen LogP contribution in [0.2, 0.25) is 0 Å². The molecular weight excluding hydrogens is 190 g/mol. The van der Waals surface area contributed by atoms with E-state index >= 15 is 0 Å². The van der Waals surface area contributed by atoms with Crippen LogP contribution in [0.4, 0.5) is 10.1 Å². The minimum absolute atomic E-state index is 0.155. The van der Waals surface area contributed by atoms with Crippen molar-refractivity contribution >= 4 is 33.3 Å². The molecule has 0 spiro atoms. The highest BCUT2D eigenvalue weighted by molar-refractivity contribution is 7.19. The van der Waals surface area contributed by atoms with Crippen LogP contribution in [-0.2, 0) is 9.59 Å². The van der Waals surface area contributed by atoms with E-state index in [2.05, 4.69) is 15.6 Å². The third kappa shape index (κ3) is 3.20. The molecule has 0 aliphatic carbocycles. The Balaban J connectivity index is 2.63. The molecule has 0 unspecified atom stereocenters. The maximum Gasteiger partial charge on any atom is 0.223 e. The number of amides is 2. The lowest BCUT2D eigenvalue weighted by atomic mass is 10.7. The normalized spacial score (nSPS) is 9.38. The van der Waals surface area contributed by atoms with E-state index in [1.165, 1.54) is 31.4 Å². The standard InChI is InChI=1S/C7H9N3O2S/c1-4(11)9-6-3-8-7(13-6)10-5(2)12/h3H,1-2H3,(H,9,11)(H,8,10,12). The molecule has 70 valence electrons. The molecular formula is C7H9N3O2S. The quantitative estimate of drug-likeness (QED) is 0.748. The number of aromatic nitrogens is 1. The van der Waals surface area contributed by atoms with Crippen molar-refractivity contribution in [3.63, 3.8) is 0 Å². The molecule has 0 aliphatic heterocycles. The average molecular weight is 199 g/mol. The van der Waals surface area contributed by atoms with Crippen molar-refractivity contribution in [1.29, 1.82) is 0 Å². The Morgan fingerprint density at radius 3 is 2.46 bits per heavy atom. The number of carbonyl (C=O) groups is 2. The van der Waals surface area contributed by atoms with Crippen molar-refractivity contribution in [2.75, 3.05) is 10.6 Å². The Morgan fingerprint density at radius 2 is 1.92 bits per heavy atom. The van der Waals surface area contributed by atoms with Crippen LogP contribution in [0.15, 0.2) is 6.20 Å². The third-order valence-corrected chi connectivity index (χ3v) is 1.92. The minimum Gasteiger partial charge on any atom is -0.317 e. The summed E-state index contributed by atoms with van der Waals surface area (Å²) in [6.07, 6.45) is 1.50. The van der Waals surface area contributed by atoms with Crippen molar-refractivity contribution in [3.8, 4) is 0 Å². The van der Waals surface area contributed by atoms with Crippen molar-refractivity contribution in [2.45, 2.75) is 13.8 Å². The fourth-order valence-corrected chi connectivity index (χ4v) is 1.52. The number of nitrogens with one attached hydrogen (secondary N) is 2. The summed E-state index contributed by atoms with van der Waals surface area (Å²) in [7, 11) is 0. The fourth-order valence-electron chi connectivity index (χ4n) is 0.714. The number of thiazole rings is 1. The van der Waals surface area contributed by atoms with E-state index in [4.69, 9.17) is 0 Å². The third-order valence-electron chi connectivity index (χ3n) is 1.09. The summed E-state index contributed by atoms with van der Waals surface area (Å²) in [4.78, 5) is 25.1. The van der Waals surface area contributed by atoms with E-state index in [0.717, 1.165) is 0 Å². The van der Waals surface area contributed by atoms with Gasteiger partial charge in [0.1, 0.15) is 5.00 Å². The Morgan fingerprint density at radius 1 is 1.31 bits per heavy atom. The Bertz CT molecular complexity index is 304. The molecule has 1 rings (SSSR count). The summed E-state index contributed by atoms with van der Waals surface area (Å²) >= 11 is 1.21. The average Bonchev–Trinajstić information content (AvgIpc) is 2.33. The monoisotopic (exact) mass is 199 g/mol. The van der Waals surface area contributed by atoms with Gasteiger partial charge in [-0.25, -0.2) is 4.98 Å². The number of hydrogen-bond acceptors (Lipinski definition) is 4. The zero-order valence-electron chi connectivity index (χ0n) is 7.25. The zero-order chi connectivity index (χ0) is 9.84. The van der Waals surface area contributed by atoms with Gasteiger partial charge < -0.3 is 10.6 Å². The molecule has 13 heavy (non-hydrogen) atoms. The van der Waals surface area contributed by atoms with Gasteiger partial charge in [-0.05, 0) is 0 Å². The molecule has 0 saturated heterocycles. The second kappa shape index (κ2) is 3.99. The first kappa shape index (κ1) is 9.66. The minimum atomic E-state index is -0.177. The second-order valence-electron chi connectivity index (χ2n) is 2.39. The maximum absolute atomic E-state index is 10.6. The fraction of sp³-hybridized carbons (Fsp3) is 0.286. The lowest BCUT2D eigenvalue weighted by Gasteiger charge is -1.94. The van der Waals surface area contributed by atoms with Crippen molar-refractivity contribution in [2.24, 2.45) is 0 Å². The van der Waals surface area contributed by atoms with Crippen molar-refractivity contribution in [3.05, 3.63) is 6.20 Å². The van der Waals surface area contributed by atoms with Crippen molar-refractivity contribution < 1.29 is 9.59 Å². The second-order valence-corrected chi connectivity index (χ2v) is 3.42. The molecule has 0 aromatic carbocycles. The summed E-state index contributed by atoms with van der Waals surface area (Å²) < 4.78 is 0. The van der Waals surface area contributed by atoms with Gasteiger partial charge >= 0.3 is 0 Å². The highest BCUT2D eigenvalue weighted by Crippen LogP contribution is 2.22. The molecule has 0 bridgehead atoms. The summed E-state index contributed by atoms with van der Waals surface area (Å²) in [5.41, 5.74) is 0. The molecule has 1 aromatic rings. The topological polar surface area (TPSA) is 71.1 Å². The van der Waals surface area contributed by atoms with Crippen LogP contribution in [0, 0.1) is 0 Å². The summed E-state index contributed by atoms with van der Waals surface area (Å²) in [6, 6.07) is 0. The lowest BCUT2D eigenvalue weighted by Crippen LogP contribution is -2.04. The van der Waals surface area contributed by atoms with Crippen molar-refractivity contribution in [1.82, 2.24) is 4.98 Å². The molecule has 0 radical (unpaired) electrons. The molecule has 0 saturated carbocycles. The highest BCUT2D eigenvalue weighted by Gasteiger charge is 2.03. The van der Waals surface area contributed by atoms with E-state index in [9.17, 15) is 9.59 Å². The molecule has 0 aliphatic rings. The molecule has 2 N–H and O–H groups in total. The van der Waals surface area contributed by atoms with Gasteiger partial charge in [0.15, 0.2) is 5.13 Å². The SMILES string of the molecule is CC(=O)Nc1cnc(NC(C)=O)s1. The lowest BCUT2D eigenvalue weighted by molar-refractivity contribution is -0.115. The number of anilines is 2. The van der Waals surface area contributed by atoms with Gasteiger partial charge in [0.2, 0.25) is 11.8 Å². The van der Waals surface area contributed by atoms with Crippen LogP contribution < -0.4 is 10.6 Å². The number of rotatable bonds is 2. The Kier molecular flexibility index (Phi) is 2.97. The summed E-state index contributed by atoms with van der Waals surface area (Å²) in [5.74, 6) is -0.332. The molecule has 5 nitrogen and oxygen atoms in total. The largest absolute Gasteiger partial charge is 0.317 e. The van der Waals surface area contributed by atoms with Crippen LogP contribution in [0.3, 0.4) is 0 Å². The van der Waals surface area contributed by atoms with Crippen LogP contribution >= 0.6 is 11.3 Å². The number of nitrogens with zero attached hydrogens (tertiary/aromatic N) is 1. The van der Waals surface area contributed by atoms with Crippen LogP contribution in [-0.4, -0.2) is 16.8 Å². The zero-order valence-corrected chi connectivity index (χ0v) is 8.07. The van der Waals surface area contributed by atoms with Gasteiger partial charge in [0.05, 0.1) is 6.20 Å². The summed E-state index contributed by atoms with van der Waals surface area (Å²) in [5, 5.41) is 6.18. The molecule has 0 atom stereocenters. The van der Waals surface area contributed by atoms with Crippen LogP contribution in [0.1, 0.15) is 13.8 Å². The molecule has 2 amide bonds. The summed E-state index contributed by atoms with van der Waals surface area (Å²) in [6.45, 7) is 2.82. The van der Waals surface area contributed by atoms with Gasteiger partial charge in [0.25, 0.3) is 0 Å². The van der Waals surface area contributed by atoms with Gasteiger partial charge in [-0.1, -0.05) is 11.3 Å². The predicted molar refractivity (Wildman–Crippen MR) is 50.7 cm³/mol. The van der Waals surface area contributed by atoms with Crippen LogP contribution in [0.25, 0.3) is 0 Å². The van der Waals surface area contributed by atoms with Gasteiger partial charge in [-0.15, -0.1) is 0 Å². The Labute approximate surface area is 79.2 Å². The molecule has 1 aromatic heterocycles. The van der Waals surface area contributed by atoms with E-state index in [1.807, 2.05) is 0 Å². The van der Waals surface area contributed by atoms with E-state index < -0.39 is 0 Å². The first-order valence-corrected chi connectivity index (χ1v) is 4.40. The van der Waals surface area contributed by atoms with E-state index in [1.54, 1.807) is 0 Å². The smallest absolute Gasteiger partial charge is 0.223 e. The van der Waals surface area contributed by atoms with Gasteiger partial charge in [-0.3, -0.25) is 9.59 Å². The highest BCUT2D eigenvalue weighted by atomic mass is 32.1. The molecule has 6 heteroatoms. The van der Waals surface area contributed by atoms with Crippen LogP contribution in [0.5, 0.6) is 0 Å². The van der Waals surface area contributed by atoms with E-state index in [0.29, 0.717) is 10.1 Å². The molecule has 0 fully saturated rings. The maximum atomic E-state index is 10.6. The first-order valence-electron chi connectivity index (χ1n) is 3.59. The van der Waals surface area contributed by atoms with E-state index in [-0.39, 0.29) is 11.8 Å². The Hall–Kier alpha value is -1.43. The van der Waals surface area contributed by atoms with Gasteiger partial charge in [-0.2, -0.15) is 0 Å². The molecule has 1 heterocycles. The first-order chi connectivity index (χ1) is 6.08.